The van der Waals surface area contributed by atoms with E-state index in [1.165, 1.54) is 11.4 Å². The first-order valence-electron chi connectivity index (χ1n) is 6.35. The van der Waals surface area contributed by atoms with Gasteiger partial charge in [0, 0.05) is 12.1 Å². The Labute approximate surface area is 119 Å². The van der Waals surface area contributed by atoms with Gasteiger partial charge in [0.25, 0.3) is 0 Å². The molecule has 1 aliphatic heterocycles. The first-order valence-corrected chi connectivity index (χ1v) is 7.96. The van der Waals surface area contributed by atoms with Crippen molar-refractivity contribution in [1.29, 1.82) is 0 Å². The zero-order chi connectivity index (χ0) is 14.8. The van der Waals surface area contributed by atoms with Crippen LogP contribution in [-0.4, -0.2) is 34.4 Å². The number of ether oxygens (including phenoxy) is 1. The van der Waals surface area contributed by atoms with Gasteiger partial charge in [-0.2, -0.15) is 0 Å². The van der Waals surface area contributed by atoms with Crippen LogP contribution in [0.25, 0.3) is 0 Å². The van der Waals surface area contributed by atoms with Crippen LogP contribution in [0.3, 0.4) is 0 Å². The average molecular weight is 294 g/mol. The van der Waals surface area contributed by atoms with Gasteiger partial charge in [0.15, 0.2) is 0 Å². The Morgan fingerprint density at radius 3 is 2.80 bits per heavy atom. The minimum Gasteiger partial charge on any atom is -0.495 e. The van der Waals surface area contributed by atoms with Gasteiger partial charge in [0.05, 0.1) is 25.1 Å². The van der Waals surface area contributed by atoms with Gasteiger partial charge in [0.2, 0.25) is 10.0 Å². The van der Waals surface area contributed by atoms with Gasteiger partial charge < -0.3 is 10.5 Å². The monoisotopic (exact) mass is 294 g/mol. The molecule has 5 nitrogen and oxygen atoms in total. The lowest BCUT2D eigenvalue weighted by molar-refractivity contribution is 0.415. The van der Waals surface area contributed by atoms with E-state index in [9.17, 15) is 8.42 Å². The van der Waals surface area contributed by atoms with Crippen molar-refractivity contribution in [2.75, 3.05) is 30.3 Å². The highest BCUT2D eigenvalue weighted by Crippen LogP contribution is 2.35. The van der Waals surface area contributed by atoms with Crippen molar-refractivity contribution in [2.24, 2.45) is 11.7 Å². The number of nitrogens with zero attached hydrogens (tertiary/aromatic N) is 1. The van der Waals surface area contributed by atoms with Crippen molar-refractivity contribution in [3.05, 3.63) is 23.8 Å². The molecule has 0 aromatic heterocycles. The van der Waals surface area contributed by atoms with Gasteiger partial charge in [-0.15, -0.1) is 0 Å². The topological polar surface area (TPSA) is 72.6 Å². The highest BCUT2D eigenvalue weighted by Gasteiger charge is 2.35. The molecule has 1 saturated heterocycles. The zero-order valence-electron chi connectivity index (χ0n) is 11.6. The van der Waals surface area contributed by atoms with Crippen molar-refractivity contribution in [2.45, 2.75) is 6.92 Å². The van der Waals surface area contributed by atoms with Gasteiger partial charge in [-0.3, -0.25) is 4.31 Å². The Balaban J connectivity index is 2.48. The molecule has 1 fully saturated rings. The standard InChI is InChI=1S/C14H18N2O3S/c1-11-9-16(20(17,18)10-11)13-8-12(4-3-7-15)5-6-14(13)19-2/h5-6,8,11H,7,9-10,15H2,1-2H3. The maximum absolute atomic E-state index is 12.2. The van der Waals surface area contributed by atoms with Gasteiger partial charge in [0.1, 0.15) is 5.75 Å². The molecule has 20 heavy (non-hydrogen) atoms. The quantitative estimate of drug-likeness (QED) is 0.819. The van der Waals surface area contributed by atoms with Crippen LogP contribution in [0.5, 0.6) is 5.75 Å². The second kappa shape index (κ2) is 5.73. The molecule has 0 radical (unpaired) electrons. The fraction of sp³-hybridized carbons (Fsp3) is 0.429. The van der Waals surface area contributed by atoms with Crippen LogP contribution in [0, 0.1) is 17.8 Å². The minimum atomic E-state index is -3.28. The summed E-state index contributed by atoms with van der Waals surface area (Å²) in [6, 6.07) is 5.25. The molecule has 1 heterocycles. The van der Waals surface area contributed by atoms with E-state index in [2.05, 4.69) is 11.8 Å². The van der Waals surface area contributed by atoms with Crippen LogP contribution in [0.1, 0.15) is 12.5 Å². The predicted octanol–water partition coefficient (Wildman–Crippen LogP) is 0.791. The number of rotatable bonds is 2. The second-order valence-electron chi connectivity index (χ2n) is 4.81. The molecule has 1 unspecified atom stereocenters. The summed E-state index contributed by atoms with van der Waals surface area (Å²) in [6.45, 7) is 2.65. The average Bonchev–Trinajstić information content (AvgIpc) is 2.69. The molecule has 1 aliphatic rings. The summed E-state index contributed by atoms with van der Waals surface area (Å²) in [5.41, 5.74) is 6.61. The summed E-state index contributed by atoms with van der Waals surface area (Å²) >= 11 is 0. The number of benzene rings is 1. The lowest BCUT2D eigenvalue weighted by Crippen LogP contribution is -2.25. The van der Waals surface area contributed by atoms with E-state index < -0.39 is 10.0 Å². The molecule has 0 spiro atoms. The van der Waals surface area contributed by atoms with Crippen LogP contribution < -0.4 is 14.8 Å². The number of methoxy groups -OCH3 is 1. The Morgan fingerprint density at radius 1 is 1.50 bits per heavy atom. The van der Waals surface area contributed by atoms with Crippen LogP contribution >= 0.6 is 0 Å². The number of hydrogen-bond acceptors (Lipinski definition) is 4. The number of sulfonamides is 1. The van der Waals surface area contributed by atoms with E-state index in [0.717, 1.165) is 5.56 Å². The van der Waals surface area contributed by atoms with E-state index >= 15 is 0 Å². The van der Waals surface area contributed by atoms with Crippen molar-refractivity contribution in [3.63, 3.8) is 0 Å². The molecule has 0 aliphatic carbocycles. The van der Waals surface area contributed by atoms with Gasteiger partial charge in [-0.25, -0.2) is 8.42 Å². The van der Waals surface area contributed by atoms with Crippen LogP contribution in [0.2, 0.25) is 0 Å². The first kappa shape index (κ1) is 14.7. The Kier molecular flexibility index (Phi) is 4.21. The van der Waals surface area contributed by atoms with Crippen molar-refractivity contribution < 1.29 is 13.2 Å². The molecule has 1 atom stereocenters. The maximum atomic E-state index is 12.2. The Hall–Kier alpha value is -1.71. The molecule has 1 aromatic carbocycles. The smallest absolute Gasteiger partial charge is 0.235 e. The van der Waals surface area contributed by atoms with Gasteiger partial charge in [-0.1, -0.05) is 18.8 Å². The van der Waals surface area contributed by atoms with E-state index in [1.807, 2.05) is 6.92 Å². The largest absolute Gasteiger partial charge is 0.495 e. The lowest BCUT2D eigenvalue weighted by atomic mass is 10.1. The molecular formula is C14H18N2O3S. The van der Waals surface area contributed by atoms with Gasteiger partial charge >= 0.3 is 0 Å². The summed E-state index contributed by atoms with van der Waals surface area (Å²) < 4.78 is 31.0. The summed E-state index contributed by atoms with van der Waals surface area (Å²) in [6.07, 6.45) is 0. The summed E-state index contributed by atoms with van der Waals surface area (Å²) in [7, 11) is -1.75. The van der Waals surface area contributed by atoms with E-state index in [-0.39, 0.29) is 18.2 Å². The molecule has 2 N–H and O–H groups in total. The molecule has 2 rings (SSSR count). The van der Waals surface area contributed by atoms with E-state index in [0.29, 0.717) is 18.0 Å². The predicted molar refractivity (Wildman–Crippen MR) is 79.2 cm³/mol. The fourth-order valence-electron chi connectivity index (χ4n) is 2.26. The molecule has 1 aromatic rings. The lowest BCUT2D eigenvalue weighted by Gasteiger charge is -2.20. The summed E-state index contributed by atoms with van der Waals surface area (Å²) in [5, 5.41) is 0. The first-order chi connectivity index (χ1) is 9.47. The van der Waals surface area contributed by atoms with Crippen molar-refractivity contribution >= 4 is 15.7 Å². The highest BCUT2D eigenvalue weighted by molar-refractivity contribution is 7.93. The van der Waals surface area contributed by atoms with Crippen molar-refractivity contribution in [3.8, 4) is 17.6 Å². The number of anilines is 1. The van der Waals surface area contributed by atoms with Crippen LogP contribution in [0.4, 0.5) is 5.69 Å². The SMILES string of the molecule is COc1ccc(C#CCN)cc1N1CC(C)CS1(=O)=O. The minimum absolute atomic E-state index is 0.100. The van der Waals surface area contributed by atoms with Crippen molar-refractivity contribution in [1.82, 2.24) is 0 Å². The third kappa shape index (κ3) is 2.89. The maximum Gasteiger partial charge on any atom is 0.235 e. The molecule has 0 saturated carbocycles. The normalized spacial score (nSPS) is 20.4. The third-order valence-electron chi connectivity index (χ3n) is 3.09. The molecule has 0 bridgehead atoms. The zero-order valence-corrected chi connectivity index (χ0v) is 12.4. The van der Waals surface area contributed by atoms with Crippen LogP contribution in [-0.2, 0) is 10.0 Å². The number of nitrogens with two attached hydrogens (primary N) is 1. The van der Waals surface area contributed by atoms with E-state index in [1.54, 1.807) is 18.2 Å². The van der Waals surface area contributed by atoms with Crippen LogP contribution in [0.15, 0.2) is 18.2 Å². The summed E-state index contributed by atoms with van der Waals surface area (Å²) in [4.78, 5) is 0. The third-order valence-corrected chi connectivity index (χ3v) is 5.10. The molecule has 108 valence electrons. The Bertz CT molecular complexity index is 659. The highest BCUT2D eigenvalue weighted by atomic mass is 32.2. The summed E-state index contributed by atoms with van der Waals surface area (Å²) in [5.74, 6) is 6.46. The van der Waals surface area contributed by atoms with Gasteiger partial charge in [-0.05, 0) is 24.1 Å². The molecule has 0 amide bonds. The number of hydrogen-bond donors (Lipinski definition) is 1. The Morgan fingerprint density at radius 2 is 2.25 bits per heavy atom. The molecule has 6 heteroatoms. The fourth-order valence-corrected chi connectivity index (χ4v) is 4.19. The van der Waals surface area contributed by atoms with E-state index in [4.69, 9.17) is 10.5 Å². The molecular weight excluding hydrogens is 276 g/mol. The second-order valence-corrected chi connectivity index (χ2v) is 6.75.